The summed E-state index contributed by atoms with van der Waals surface area (Å²) in [6.45, 7) is 7.38. The van der Waals surface area contributed by atoms with Crippen LogP contribution < -0.4 is 0 Å². The molecule has 2 aliphatic rings. The van der Waals surface area contributed by atoms with Crippen LogP contribution in [0.15, 0.2) is 6.07 Å². The summed E-state index contributed by atoms with van der Waals surface area (Å²) in [5.74, 6) is -0.479. The van der Waals surface area contributed by atoms with Gasteiger partial charge < -0.3 is 19.1 Å². The molecule has 2 fully saturated rings. The lowest BCUT2D eigenvalue weighted by Crippen LogP contribution is -2.45. The van der Waals surface area contributed by atoms with E-state index in [0.29, 0.717) is 44.1 Å². The lowest BCUT2D eigenvalue weighted by atomic mass is 9.95. The van der Waals surface area contributed by atoms with E-state index in [2.05, 4.69) is 11.5 Å². The third kappa shape index (κ3) is 5.31. The van der Waals surface area contributed by atoms with E-state index in [1.54, 1.807) is 18.9 Å². The molecule has 7 nitrogen and oxygen atoms in total. The summed E-state index contributed by atoms with van der Waals surface area (Å²) in [6, 6.07) is 2.45. The van der Waals surface area contributed by atoms with Crippen molar-refractivity contribution < 1.29 is 19.1 Å². The monoisotopic (exact) mass is 431 g/mol. The molecular weight excluding hydrogens is 394 g/mol. The second-order valence-electron chi connectivity index (χ2n) is 9.01. The van der Waals surface area contributed by atoms with Crippen molar-refractivity contribution in [3.05, 3.63) is 23.0 Å². The molecule has 31 heavy (non-hydrogen) atoms. The number of piperidine rings is 1. The first-order valence-electron chi connectivity index (χ1n) is 11.7. The fraction of sp³-hybridized carbons (Fsp3) is 0.708. The Kier molecular flexibility index (Phi) is 7.79. The smallest absolute Gasteiger partial charge is 0.309 e. The van der Waals surface area contributed by atoms with Crippen molar-refractivity contribution in [2.75, 3.05) is 33.3 Å². The largest absolute Gasteiger partial charge is 0.466 e. The molecule has 2 amide bonds. The van der Waals surface area contributed by atoms with E-state index in [9.17, 15) is 14.4 Å². The van der Waals surface area contributed by atoms with Crippen LogP contribution in [0.25, 0.3) is 0 Å². The highest BCUT2D eigenvalue weighted by atomic mass is 16.5. The number of hydrogen-bond donors (Lipinski definition) is 0. The van der Waals surface area contributed by atoms with Crippen molar-refractivity contribution in [2.24, 2.45) is 5.92 Å². The first-order valence-corrected chi connectivity index (χ1v) is 11.7. The predicted octanol–water partition coefficient (Wildman–Crippen LogP) is 3.48. The fourth-order valence-electron chi connectivity index (χ4n) is 5.10. The van der Waals surface area contributed by atoms with Crippen LogP contribution in [0.1, 0.15) is 79.7 Å². The van der Waals surface area contributed by atoms with E-state index in [1.807, 2.05) is 13.0 Å². The number of hydrogen-bond acceptors (Lipinski definition) is 4. The van der Waals surface area contributed by atoms with Crippen molar-refractivity contribution in [1.29, 1.82) is 0 Å². The number of carbonyl (C=O) groups excluding carboxylic acids is 3. The normalized spacial score (nSPS) is 18.1. The molecule has 172 valence electrons. The van der Waals surface area contributed by atoms with Gasteiger partial charge in [0.2, 0.25) is 5.91 Å². The van der Waals surface area contributed by atoms with Crippen LogP contribution >= 0.6 is 0 Å². The molecule has 0 atom stereocenters. The molecule has 0 bridgehead atoms. The highest BCUT2D eigenvalue weighted by molar-refractivity contribution is 5.97. The molecule has 0 spiro atoms. The predicted molar refractivity (Wildman–Crippen MR) is 119 cm³/mol. The van der Waals surface area contributed by atoms with E-state index >= 15 is 0 Å². The van der Waals surface area contributed by atoms with Gasteiger partial charge in [-0.3, -0.25) is 14.4 Å². The van der Waals surface area contributed by atoms with Gasteiger partial charge in [-0.1, -0.05) is 19.3 Å². The lowest BCUT2D eigenvalue weighted by molar-refractivity contribution is -0.151. The van der Waals surface area contributed by atoms with Crippen LogP contribution in [0.5, 0.6) is 0 Å². The Hall–Kier alpha value is -2.31. The Morgan fingerprint density at radius 1 is 1.06 bits per heavy atom. The van der Waals surface area contributed by atoms with Gasteiger partial charge in [0.15, 0.2) is 0 Å². The third-order valence-electron chi connectivity index (χ3n) is 6.84. The number of likely N-dealkylation sites (tertiary alicyclic amines) is 1. The number of esters is 1. The molecule has 3 rings (SSSR count). The second kappa shape index (κ2) is 10.3. The maximum absolute atomic E-state index is 13.1. The molecular formula is C24H37N3O4. The number of carbonyl (C=O) groups is 3. The van der Waals surface area contributed by atoms with Gasteiger partial charge in [0, 0.05) is 37.6 Å². The van der Waals surface area contributed by atoms with Crippen molar-refractivity contribution >= 4 is 17.8 Å². The SMILES string of the molecule is CCOC(=O)C1CCN(C(=O)CN(C)C(=O)c2cc(C)n(C3CCCCC3)c2C)CC1. The Morgan fingerprint density at radius 3 is 2.32 bits per heavy atom. The zero-order valence-electron chi connectivity index (χ0n) is 19.5. The van der Waals surface area contributed by atoms with Gasteiger partial charge in [-0.25, -0.2) is 0 Å². The van der Waals surface area contributed by atoms with Crippen LogP contribution in [0.2, 0.25) is 0 Å². The molecule has 0 radical (unpaired) electrons. The van der Waals surface area contributed by atoms with Gasteiger partial charge in [0.1, 0.15) is 0 Å². The quantitative estimate of drug-likeness (QED) is 0.647. The average molecular weight is 432 g/mol. The summed E-state index contributed by atoms with van der Waals surface area (Å²) >= 11 is 0. The van der Waals surface area contributed by atoms with E-state index < -0.39 is 0 Å². The minimum absolute atomic E-state index is 0.0516. The number of amides is 2. The molecule has 1 aliphatic carbocycles. The zero-order valence-corrected chi connectivity index (χ0v) is 19.5. The van der Waals surface area contributed by atoms with E-state index in [1.165, 1.54) is 37.0 Å². The molecule has 1 aromatic rings. The lowest BCUT2D eigenvalue weighted by Gasteiger charge is -2.32. The fourth-order valence-corrected chi connectivity index (χ4v) is 5.10. The van der Waals surface area contributed by atoms with Gasteiger partial charge in [-0.05, 0) is 52.5 Å². The van der Waals surface area contributed by atoms with Gasteiger partial charge in [0.25, 0.3) is 5.91 Å². The van der Waals surface area contributed by atoms with Crippen LogP contribution in [0.3, 0.4) is 0 Å². The summed E-state index contributed by atoms with van der Waals surface area (Å²) in [7, 11) is 1.69. The minimum Gasteiger partial charge on any atom is -0.466 e. The molecule has 0 unspecified atom stereocenters. The second-order valence-corrected chi connectivity index (χ2v) is 9.01. The Morgan fingerprint density at radius 2 is 1.71 bits per heavy atom. The van der Waals surface area contributed by atoms with Gasteiger partial charge in [-0.15, -0.1) is 0 Å². The Labute approximate surface area is 185 Å². The highest BCUT2D eigenvalue weighted by Gasteiger charge is 2.30. The first-order chi connectivity index (χ1) is 14.8. The minimum atomic E-state index is -0.171. The number of rotatable bonds is 6. The number of ether oxygens (including phenoxy) is 1. The van der Waals surface area contributed by atoms with Crippen LogP contribution in [0, 0.1) is 19.8 Å². The molecule has 7 heteroatoms. The standard InChI is InChI=1S/C24H37N3O4/c1-5-31-24(30)19-11-13-26(14-12-19)22(28)16-25(4)23(29)21-15-17(2)27(18(21)3)20-9-7-6-8-10-20/h15,19-20H,5-14,16H2,1-4H3. The third-order valence-corrected chi connectivity index (χ3v) is 6.84. The van der Waals surface area contributed by atoms with Crippen molar-refractivity contribution in [1.82, 2.24) is 14.4 Å². The molecule has 1 saturated heterocycles. The van der Waals surface area contributed by atoms with Crippen LogP contribution in [-0.2, 0) is 14.3 Å². The molecule has 1 aromatic heterocycles. The number of likely N-dealkylation sites (N-methyl/N-ethyl adjacent to an activating group) is 1. The first kappa shape index (κ1) is 23.4. The average Bonchev–Trinajstić information content (AvgIpc) is 3.07. The number of aryl methyl sites for hydroxylation is 1. The molecule has 0 N–H and O–H groups in total. The van der Waals surface area contributed by atoms with Gasteiger partial charge >= 0.3 is 5.97 Å². The Bertz CT molecular complexity index is 802. The summed E-state index contributed by atoms with van der Waals surface area (Å²) in [5.41, 5.74) is 2.82. The topological polar surface area (TPSA) is 71.8 Å². The number of aromatic nitrogens is 1. The van der Waals surface area contributed by atoms with E-state index in [4.69, 9.17) is 4.74 Å². The maximum Gasteiger partial charge on any atom is 0.309 e. The maximum atomic E-state index is 13.1. The number of nitrogens with zero attached hydrogens (tertiary/aromatic N) is 3. The summed E-state index contributed by atoms with van der Waals surface area (Å²) in [4.78, 5) is 41.1. The highest BCUT2D eigenvalue weighted by Crippen LogP contribution is 2.32. The molecule has 1 aliphatic heterocycles. The summed E-state index contributed by atoms with van der Waals surface area (Å²) in [6.07, 6.45) is 7.35. The van der Waals surface area contributed by atoms with Gasteiger partial charge in [-0.2, -0.15) is 0 Å². The van der Waals surface area contributed by atoms with Crippen LogP contribution in [-0.4, -0.2) is 65.4 Å². The van der Waals surface area contributed by atoms with E-state index in [-0.39, 0.29) is 30.2 Å². The van der Waals surface area contributed by atoms with Crippen molar-refractivity contribution in [3.63, 3.8) is 0 Å². The molecule has 0 aromatic carbocycles. The molecule has 1 saturated carbocycles. The summed E-state index contributed by atoms with van der Waals surface area (Å²) in [5, 5.41) is 0. The zero-order chi connectivity index (χ0) is 22.5. The van der Waals surface area contributed by atoms with Crippen LogP contribution in [0.4, 0.5) is 0 Å². The van der Waals surface area contributed by atoms with E-state index in [0.717, 1.165) is 11.4 Å². The van der Waals surface area contributed by atoms with Crippen molar-refractivity contribution in [3.8, 4) is 0 Å². The summed E-state index contributed by atoms with van der Waals surface area (Å²) < 4.78 is 7.41. The Balaban J connectivity index is 1.58. The van der Waals surface area contributed by atoms with Gasteiger partial charge in [0.05, 0.1) is 24.6 Å². The molecule has 2 heterocycles. The van der Waals surface area contributed by atoms with Crippen molar-refractivity contribution in [2.45, 2.75) is 71.8 Å².